The van der Waals surface area contributed by atoms with E-state index in [1.54, 1.807) is 0 Å². The maximum absolute atomic E-state index is 11.1. The number of esters is 1. The van der Waals surface area contributed by atoms with Crippen molar-refractivity contribution < 1.29 is 14.6 Å². The van der Waals surface area contributed by atoms with E-state index in [2.05, 4.69) is 21.6 Å². The van der Waals surface area contributed by atoms with E-state index in [1.165, 1.54) is 7.11 Å². The molecule has 5 heteroatoms. The zero-order valence-corrected chi connectivity index (χ0v) is 9.48. The van der Waals surface area contributed by atoms with E-state index in [0.29, 0.717) is 0 Å². The van der Waals surface area contributed by atoms with Crippen LogP contribution in [0.15, 0.2) is 0 Å². The summed E-state index contributed by atoms with van der Waals surface area (Å²) in [5.41, 5.74) is 0. The Balaban J connectivity index is 2.40. The molecule has 1 aliphatic heterocycles. The summed E-state index contributed by atoms with van der Waals surface area (Å²) in [5.74, 6) is -0.257. The third-order valence-electron chi connectivity index (χ3n) is 2.89. The molecule has 0 saturated carbocycles. The number of ether oxygens (including phenoxy) is 1. The highest BCUT2D eigenvalue weighted by Gasteiger charge is 2.24. The van der Waals surface area contributed by atoms with E-state index in [9.17, 15) is 9.90 Å². The second-order valence-electron chi connectivity index (χ2n) is 3.96. The van der Waals surface area contributed by atoms with E-state index in [-0.39, 0.29) is 25.0 Å². The number of rotatable bonds is 4. The predicted molar refractivity (Wildman–Crippen MR) is 56.6 cm³/mol. The molecule has 15 heavy (non-hydrogen) atoms. The predicted octanol–water partition coefficient (Wildman–Crippen LogP) is -0.842. The normalized spacial score (nSPS) is 21.3. The molecule has 0 aromatic carbocycles. The highest BCUT2D eigenvalue weighted by Crippen LogP contribution is 2.08. The van der Waals surface area contributed by atoms with Crippen LogP contribution in [0.25, 0.3) is 0 Å². The average Bonchev–Trinajstić information content (AvgIpc) is 2.27. The Kier molecular flexibility index (Phi) is 5.01. The first-order chi connectivity index (χ1) is 7.17. The van der Waals surface area contributed by atoms with Gasteiger partial charge in [-0.2, -0.15) is 0 Å². The van der Waals surface area contributed by atoms with Gasteiger partial charge in [0.1, 0.15) is 0 Å². The van der Waals surface area contributed by atoms with Gasteiger partial charge in [0.25, 0.3) is 0 Å². The molecular formula is C10H20N2O3. The highest BCUT2D eigenvalue weighted by molar-refractivity contribution is 5.69. The lowest BCUT2D eigenvalue weighted by molar-refractivity contribution is -0.142. The summed E-state index contributed by atoms with van der Waals surface area (Å²) in [7, 11) is 3.45. The monoisotopic (exact) mass is 216 g/mol. The summed E-state index contributed by atoms with van der Waals surface area (Å²) in [4.78, 5) is 15.5. The van der Waals surface area contributed by atoms with Gasteiger partial charge >= 0.3 is 5.97 Å². The molecule has 0 aliphatic carbocycles. The van der Waals surface area contributed by atoms with Gasteiger partial charge in [-0.25, -0.2) is 0 Å². The standard InChI is InChI=1S/C10H20N2O3/c1-11-3-5-12(6-4-11)9(8-13)7-10(14)15-2/h9,13H,3-8H2,1-2H3. The van der Waals surface area contributed by atoms with Crippen LogP contribution in [0.5, 0.6) is 0 Å². The minimum absolute atomic E-state index is 0.0127. The van der Waals surface area contributed by atoms with Crippen LogP contribution in [-0.4, -0.2) is 73.9 Å². The average molecular weight is 216 g/mol. The number of hydrogen-bond acceptors (Lipinski definition) is 5. The van der Waals surface area contributed by atoms with Crippen LogP contribution in [0.4, 0.5) is 0 Å². The molecule has 1 fully saturated rings. The van der Waals surface area contributed by atoms with Gasteiger partial charge in [-0.3, -0.25) is 9.69 Å². The van der Waals surface area contributed by atoms with Gasteiger partial charge in [-0.05, 0) is 7.05 Å². The second kappa shape index (κ2) is 6.05. The topological polar surface area (TPSA) is 53.0 Å². The lowest BCUT2D eigenvalue weighted by Gasteiger charge is -2.36. The number of aliphatic hydroxyl groups excluding tert-OH is 1. The molecule has 0 radical (unpaired) electrons. The third-order valence-corrected chi connectivity index (χ3v) is 2.89. The van der Waals surface area contributed by atoms with Crippen LogP contribution in [0.1, 0.15) is 6.42 Å². The SMILES string of the molecule is COC(=O)CC(CO)N1CCN(C)CC1. The fourth-order valence-corrected chi connectivity index (χ4v) is 1.77. The van der Waals surface area contributed by atoms with Crippen LogP contribution in [-0.2, 0) is 9.53 Å². The Bertz CT molecular complexity index is 203. The summed E-state index contributed by atoms with van der Waals surface area (Å²) in [6.07, 6.45) is 0.275. The fraction of sp³-hybridized carbons (Fsp3) is 0.900. The third kappa shape index (κ3) is 3.77. The van der Waals surface area contributed by atoms with Gasteiger partial charge in [-0.1, -0.05) is 0 Å². The lowest BCUT2D eigenvalue weighted by atomic mass is 10.1. The molecule has 0 bridgehead atoms. The number of hydrogen-bond donors (Lipinski definition) is 1. The fourth-order valence-electron chi connectivity index (χ4n) is 1.77. The minimum Gasteiger partial charge on any atom is -0.469 e. The molecule has 0 amide bonds. The van der Waals surface area contributed by atoms with Gasteiger partial charge in [0.05, 0.1) is 20.1 Å². The van der Waals surface area contributed by atoms with Gasteiger partial charge in [-0.15, -0.1) is 0 Å². The van der Waals surface area contributed by atoms with E-state index in [1.807, 2.05) is 0 Å². The molecular weight excluding hydrogens is 196 g/mol. The maximum atomic E-state index is 11.1. The molecule has 1 heterocycles. The number of carbonyl (C=O) groups excluding carboxylic acids is 1. The second-order valence-corrected chi connectivity index (χ2v) is 3.96. The molecule has 1 atom stereocenters. The number of carbonyl (C=O) groups is 1. The lowest BCUT2D eigenvalue weighted by Crippen LogP contribution is -2.50. The van der Waals surface area contributed by atoms with E-state index in [4.69, 9.17) is 0 Å². The number of likely N-dealkylation sites (N-methyl/N-ethyl adjacent to an activating group) is 1. The Morgan fingerprint density at radius 1 is 1.40 bits per heavy atom. The number of aliphatic hydroxyl groups is 1. The first-order valence-electron chi connectivity index (χ1n) is 5.27. The summed E-state index contributed by atoms with van der Waals surface area (Å²) in [6.45, 7) is 3.78. The maximum Gasteiger partial charge on any atom is 0.307 e. The van der Waals surface area contributed by atoms with Crippen molar-refractivity contribution in [1.29, 1.82) is 0 Å². The molecule has 1 saturated heterocycles. The molecule has 0 spiro atoms. The van der Waals surface area contributed by atoms with Gasteiger partial charge in [0, 0.05) is 32.2 Å². The van der Waals surface area contributed by atoms with Gasteiger partial charge < -0.3 is 14.7 Å². The Hall–Kier alpha value is -0.650. The molecule has 1 unspecified atom stereocenters. The molecule has 0 aromatic rings. The Labute approximate surface area is 90.6 Å². The van der Waals surface area contributed by atoms with Gasteiger partial charge in [0.2, 0.25) is 0 Å². The van der Waals surface area contributed by atoms with Crippen LogP contribution in [0, 0.1) is 0 Å². The molecule has 1 N–H and O–H groups in total. The van der Waals surface area contributed by atoms with Crippen molar-refractivity contribution in [2.24, 2.45) is 0 Å². The zero-order valence-electron chi connectivity index (χ0n) is 9.48. The van der Waals surface area contributed by atoms with E-state index in [0.717, 1.165) is 26.2 Å². The summed E-state index contributed by atoms with van der Waals surface area (Å²) < 4.78 is 4.61. The first-order valence-corrected chi connectivity index (χ1v) is 5.27. The molecule has 5 nitrogen and oxygen atoms in total. The minimum atomic E-state index is -0.257. The molecule has 1 aliphatic rings. The number of methoxy groups -OCH3 is 1. The molecule has 88 valence electrons. The zero-order chi connectivity index (χ0) is 11.3. The summed E-state index contributed by atoms with van der Waals surface area (Å²) in [5, 5.41) is 9.23. The van der Waals surface area contributed by atoms with Crippen molar-refractivity contribution >= 4 is 5.97 Å². The first kappa shape index (κ1) is 12.4. The number of nitrogens with zero attached hydrogens (tertiary/aromatic N) is 2. The smallest absolute Gasteiger partial charge is 0.307 e. The van der Waals surface area contributed by atoms with Crippen molar-refractivity contribution in [3.63, 3.8) is 0 Å². The van der Waals surface area contributed by atoms with Crippen LogP contribution < -0.4 is 0 Å². The van der Waals surface area contributed by atoms with Crippen molar-refractivity contribution in [2.45, 2.75) is 12.5 Å². The quantitative estimate of drug-likeness (QED) is 0.621. The molecule has 1 rings (SSSR count). The van der Waals surface area contributed by atoms with Crippen LogP contribution in [0.3, 0.4) is 0 Å². The summed E-state index contributed by atoms with van der Waals surface area (Å²) >= 11 is 0. The van der Waals surface area contributed by atoms with E-state index < -0.39 is 0 Å². The van der Waals surface area contributed by atoms with Crippen molar-refractivity contribution in [3.8, 4) is 0 Å². The number of piperazine rings is 1. The Morgan fingerprint density at radius 2 is 2.00 bits per heavy atom. The largest absolute Gasteiger partial charge is 0.469 e. The van der Waals surface area contributed by atoms with Crippen LogP contribution in [0.2, 0.25) is 0 Å². The van der Waals surface area contributed by atoms with Crippen molar-refractivity contribution in [2.75, 3.05) is 46.9 Å². The highest BCUT2D eigenvalue weighted by atomic mass is 16.5. The van der Waals surface area contributed by atoms with Crippen LogP contribution >= 0.6 is 0 Å². The summed E-state index contributed by atoms with van der Waals surface area (Å²) in [6, 6.07) is -0.0915. The van der Waals surface area contributed by atoms with Gasteiger partial charge in [0.15, 0.2) is 0 Å². The van der Waals surface area contributed by atoms with Crippen molar-refractivity contribution in [1.82, 2.24) is 9.80 Å². The van der Waals surface area contributed by atoms with Crippen molar-refractivity contribution in [3.05, 3.63) is 0 Å². The van der Waals surface area contributed by atoms with E-state index >= 15 is 0 Å². The Morgan fingerprint density at radius 3 is 2.47 bits per heavy atom. The molecule has 0 aromatic heterocycles.